The van der Waals surface area contributed by atoms with E-state index in [1.165, 1.54) is 14.2 Å². The summed E-state index contributed by atoms with van der Waals surface area (Å²) < 4.78 is 11.6. The van der Waals surface area contributed by atoms with Crippen LogP contribution in [0.15, 0.2) is 10.6 Å². The van der Waals surface area contributed by atoms with Crippen molar-refractivity contribution in [3.05, 3.63) is 10.6 Å². The van der Waals surface area contributed by atoms with Gasteiger partial charge in [0.05, 0.1) is 23.3 Å². The van der Waals surface area contributed by atoms with Gasteiger partial charge in [0, 0.05) is 18.7 Å². The molecule has 1 fully saturated rings. The van der Waals surface area contributed by atoms with E-state index in [1.54, 1.807) is 6.92 Å². The van der Waals surface area contributed by atoms with E-state index in [9.17, 15) is 4.79 Å². The SMILES string of the molecule is COC1(OC)C(=O)C2(C)C=C(Br)C1CC2C#N. The molecule has 0 saturated heterocycles. The van der Waals surface area contributed by atoms with E-state index < -0.39 is 11.2 Å². The highest BCUT2D eigenvalue weighted by Gasteiger charge is 2.64. The Bertz CT molecular complexity index is 436. The van der Waals surface area contributed by atoms with Gasteiger partial charge in [-0.1, -0.05) is 22.0 Å². The smallest absolute Gasteiger partial charge is 0.237 e. The van der Waals surface area contributed by atoms with Gasteiger partial charge in [0.2, 0.25) is 11.6 Å². The Morgan fingerprint density at radius 2 is 2.12 bits per heavy atom. The van der Waals surface area contributed by atoms with Crippen LogP contribution in [0.2, 0.25) is 0 Å². The average Bonchev–Trinajstić information content (AvgIpc) is 2.32. The van der Waals surface area contributed by atoms with Crippen molar-refractivity contribution < 1.29 is 14.3 Å². The van der Waals surface area contributed by atoms with Gasteiger partial charge in [-0.25, -0.2) is 0 Å². The lowest BCUT2D eigenvalue weighted by Crippen LogP contribution is -2.63. The van der Waals surface area contributed by atoms with Crippen molar-refractivity contribution in [3.63, 3.8) is 0 Å². The first-order valence-electron chi connectivity index (χ1n) is 5.39. The van der Waals surface area contributed by atoms with E-state index in [0.717, 1.165) is 4.48 Å². The molecule has 0 aromatic carbocycles. The van der Waals surface area contributed by atoms with Gasteiger partial charge >= 0.3 is 0 Å². The predicted molar refractivity (Wildman–Crippen MR) is 64.1 cm³/mol. The molecular formula is C12H14BrNO3. The third-order valence-electron chi connectivity index (χ3n) is 3.99. The molecule has 4 nitrogen and oxygen atoms in total. The number of fused-ring (bicyclic) bond motifs is 2. The summed E-state index contributed by atoms with van der Waals surface area (Å²) in [6.07, 6.45) is 2.39. The largest absolute Gasteiger partial charge is 0.346 e. The van der Waals surface area contributed by atoms with Gasteiger partial charge in [-0.15, -0.1) is 0 Å². The molecule has 0 N–H and O–H groups in total. The molecule has 17 heavy (non-hydrogen) atoms. The van der Waals surface area contributed by atoms with E-state index in [4.69, 9.17) is 14.7 Å². The van der Waals surface area contributed by atoms with Gasteiger partial charge in [-0.05, 0) is 13.3 Å². The summed E-state index contributed by atoms with van der Waals surface area (Å²) in [7, 11) is 2.93. The molecule has 5 heteroatoms. The number of hydrogen-bond donors (Lipinski definition) is 0. The second-order valence-electron chi connectivity index (χ2n) is 4.69. The van der Waals surface area contributed by atoms with Crippen molar-refractivity contribution in [2.24, 2.45) is 17.3 Å². The second-order valence-corrected chi connectivity index (χ2v) is 5.60. The number of ether oxygens (including phenoxy) is 2. The fourth-order valence-corrected chi connectivity index (χ4v) is 3.88. The molecule has 0 radical (unpaired) electrons. The van der Waals surface area contributed by atoms with E-state index >= 15 is 0 Å². The zero-order valence-electron chi connectivity index (χ0n) is 9.99. The van der Waals surface area contributed by atoms with Crippen LogP contribution in [0.4, 0.5) is 0 Å². The summed E-state index contributed by atoms with van der Waals surface area (Å²) in [5.41, 5.74) is -0.839. The third-order valence-corrected chi connectivity index (χ3v) is 4.77. The van der Waals surface area contributed by atoms with Crippen LogP contribution in [0.1, 0.15) is 13.3 Å². The molecule has 0 amide bonds. The van der Waals surface area contributed by atoms with Gasteiger partial charge in [0.25, 0.3) is 0 Å². The van der Waals surface area contributed by atoms with E-state index in [-0.39, 0.29) is 17.6 Å². The molecule has 3 atom stereocenters. The fraction of sp³-hybridized carbons (Fsp3) is 0.667. The van der Waals surface area contributed by atoms with Crippen LogP contribution in [0.3, 0.4) is 0 Å². The van der Waals surface area contributed by atoms with Crippen molar-refractivity contribution in [1.82, 2.24) is 0 Å². The number of rotatable bonds is 2. The Labute approximate surface area is 109 Å². The molecule has 0 spiro atoms. The van der Waals surface area contributed by atoms with E-state index in [1.807, 2.05) is 6.08 Å². The Balaban J connectivity index is 2.60. The summed E-state index contributed by atoms with van der Waals surface area (Å²) >= 11 is 3.46. The zero-order chi connectivity index (χ0) is 12.8. The number of carbonyl (C=O) groups is 1. The number of nitriles is 1. The minimum Gasteiger partial charge on any atom is -0.346 e. The molecule has 0 aromatic heterocycles. The van der Waals surface area contributed by atoms with Crippen molar-refractivity contribution in [1.29, 1.82) is 5.26 Å². The topological polar surface area (TPSA) is 59.3 Å². The van der Waals surface area contributed by atoms with Crippen LogP contribution in [-0.2, 0) is 14.3 Å². The number of Topliss-reactive ketones (excluding diaryl/α,β-unsaturated/α-hetero) is 1. The van der Waals surface area contributed by atoms with Gasteiger partial charge in [0.15, 0.2) is 0 Å². The molecule has 3 aliphatic carbocycles. The maximum Gasteiger partial charge on any atom is 0.237 e. The van der Waals surface area contributed by atoms with Crippen molar-refractivity contribution in [2.75, 3.05) is 14.2 Å². The fourth-order valence-electron chi connectivity index (χ4n) is 2.91. The first-order valence-corrected chi connectivity index (χ1v) is 6.18. The number of nitrogens with zero attached hydrogens (tertiary/aromatic N) is 1. The highest BCUT2D eigenvalue weighted by Crippen LogP contribution is 2.56. The molecule has 0 aliphatic heterocycles. The van der Waals surface area contributed by atoms with Crippen LogP contribution < -0.4 is 0 Å². The minimum absolute atomic E-state index is 0.166. The lowest BCUT2D eigenvalue weighted by Gasteiger charge is -2.52. The quantitative estimate of drug-likeness (QED) is 0.732. The van der Waals surface area contributed by atoms with Crippen LogP contribution in [0.25, 0.3) is 0 Å². The van der Waals surface area contributed by atoms with Crippen LogP contribution in [-0.4, -0.2) is 25.8 Å². The van der Waals surface area contributed by atoms with Gasteiger partial charge < -0.3 is 9.47 Å². The lowest BCUT2D eigenvalue weighted by atomic mass is 9.57. The second kappa shape index (κ2) is 3.91. The minimum atomic E-state index is -1.25. The Hall–Kier alpha value is -0.700. The maximum atomic E-state index is 12.5. The van der Waals surface area contributed by atoms with Crippen LogP contribution >= 0.6 is 15.9 Å². The number of ketones is 1. The van der Waals surface area contributed by atoms with E-state index in [2.05, 4.69) is 22.0 Å². The third kappa shape index (κ3) is 1.38. The Morgan fingerprint density at radius 1 is 1.53 bits per heavy atom. The summed E-state index contributed by atoms with van der Waals surface area (Å²) in [6, 6.07) is 2.22. The van der Waals surface area contributed by atoms with Gasteiger partial charge in [-0.2, -0.15) is 5.26 Å². The first kappa shape index (κ1) is 12.7. The monoisotopic (exact) mass is 299 g/mol. The number of hydrogen-bond acceptors (Lipinski definition) is 4. The summed E-state index contributed by atoms with van der Waals surface area (Å²) in [5.74, 6) is -1.98. The Morgan fingerprint density at radius 3 is 2.59 bits per heavy atom. The van der Waals surface area contributed by atoms with Gasteiger partial charge in [0.1, 0.15) is 0 Å². The molecule has 3 aliphatic rings. The molecule has 3 rings (SSSR count). The highest BCUT2D eigenvalue weighted by atomic mass is 79.9. The lowest BCUT2D eigenvalue weighted by molar-refractivity contribution is -0.245. The van der Waals surface area contributed by atoms with Crippen LogP contribution in [0, 0.1) is 28.6 Å². The van der Waals surface area contributed by atoms with Crippen molar-refractivity contribution >= 4 is 21.7 Å². The normalized spacial score (nSPS) is 38.8. The average molecular weight is 300 g/mol. The highest BCUT2D eigenvalue weighted by molar-refractivity contribution is 9.11. The zero-order valence-corrected chi connectivity index (χ0v) is 11.6. The summed E-state index contributed by atoms with van der Waals surface area (Å²) in [6.45, 7) is 1.77. The molecular weight excluding hydrogens is 286 g/mol. The van der Waals surface area contributed by atoms with Crippen LogP contribution in [0.5, 0.6) is 0 Å². The Kier molecular flexibility index (Phi) is 2.93. The standard InChI is InChI=1S/C12H14BrNO3/c1-11-5-9(13)8(4-7(11)6-14)12(16-2,17-3)10(11)15/h5,7-8H,4H2,1-3H3. The molecule has 92 valence electrons. The maximum absolute atomic E-state index is 12.5. The number of allylic oxidation sites excluding steroid dienone is 1. The first-order chi connectivity index (χ1) is 7.96. The molecule has 2 bridgehead atoms. The molecule has 3 unspecified atom stereocenters. The van der Waals surface area contributed by atoms with Gasteiger partial charge in [-0.3, -0.25) is 4.79 Å². The molecule has 1 saturated carbocycles. The number of methoxy groups -OCH3 is 2. The predicted octanol–water partition coefficient (Wildman–Crippen LogP) is 2.00. The van der Waals surface area contributed by atoms with Crippen molar-refractivity contribution in [2.45, 2.75) is 19.1 Å². The van der Waals surface area contributed by atoms with E-state index in [0.29, 0.717) is 6.42 Å². The summed E-state index contributed by atoms with van der Waals surface area (Å²) in [4.78, 5) is 12.5. The molecule has 0 heterocycles. The van der Waals surface area contributed by atoms with Crippen molar-refractivity contribution in [3.8, 4) is 6.07 Å². The summed E-state index contributed by atoms with van der Waals surface area (Å²) in [5, 5.41) is 9.17. The number of carbonyl (C=O) groups excluding carboxylic acids is 1. The number of halogens is 1. The molecule has 0 aromatic rings.